The zero-order valence-corrected chi connectivity index (χ0v) is 15.9. The third kappa shape index (κ3) is 4.38. The van der Waals surface area contributed by atoms with Crippen molar-refractivity contribution in [3.63, 3.8) is 0 Å². The van der Waals surface area contributed by atoms with Crippen molar-refractivity contribution in [3.05, 3.63) is 29.6 Å². The van der Waals surface area contributed by atoms with Crippen molar-refractivity contribution in [3.8, 4) is 0 Å². The zero-order valence-electron chi connectivity index (χ0n) is 14.3. The summed E-state index contributed by atoms with van der Waals surface area (Å²) in [7, 11) is -7.87. The van der Waals surface area contributed by atoms with Gasteiger partial charge >= 0.3 is 0 Å². The summed E-state index contributed by atoms with van der Waals surface area (Å²) in [6.07, 6.45) is 2.18. The highest BCUT2D eigenvalue weighted by Crippen LogP contribution is 2.24. The number of sulfonamides is 2. The number of benzene rings is 1. The lowest BCUT2D eigenvalue weighted by Crippen LogP contribution is -2.51. The van der Waals surface area contributed by atoms with Crippen molar-refractivity contribution in [2.45, 2.75) is 31.1 Å². The van der Waals surface area contributed by atoms with E-state index in [-0.39, 0.29) is 31.9 Å². The number of rotatable bonds is 7. The predicted octanol–water partition coefficient (Wildman–Crippen LogP) is 1.93. The van der Waals surface area contributed by atoms with Gasteiger partial charge in [-0.15, -0.1) is 0 Å². The van der Waals surface area contributed by atoms with E-state index in [9.17, 15) is 30.0 Å². The number of unbranched alkanes of at least 4 members (excludes halogenated alkanes) is 2. The summed E-state index contributed by atoms with van der Waals surface area (Å²) in [6.45, 7) is 1.44. The van der Waals surface area contributed by atoms with Crippen molar-refractivity contribution in [1.82, 2.24) is 8.61 Å². The van der Waals surface area contributed by atoms with Crippen LogP contribution in [-0.2, 0) is 20.0 Å². The quantitative estimate of drug-likeness (QED) is 0.505. The monoisotopic (exact) mass is 414 g/mol. The number of piperazine rings is 1. The highest BCUT2D eigenvalue weighted by Gasteiger charge is 2.35. The fourth-order valence-corrected chi connectivity index (χ4v) is 5.72. The topological polar surface area (TPSA) is 74.8 Å². The summed E-state index contributed by atoms with van der Waals surface area (Å²) < 4.78 is 91.6. The van der Waals surface area contributed by atoms with Crippen LogP contribution in [0.3, 0.4) is 0 Å². The Balaban J connectivity index is 2.11. The Bertz CT molecular complexity index is 852. The number of hydrogen-bond donors (Lipinski definition) is 0. The molecular formula is C15H21F3N2O4S2. The molecule has 2 rings (SSSR count). The maximum atomic E-state index is 13.8. The molecule has 1 aromatic carbocycles. The first-order chi connectivity index (χ1) is 12.1. The fraction of sp³-hybridized carbons (Fsp3) is 0.600. The molecule has 1 heterocycles. The van der Waals surface area contributed by atoms with Crippen LogP contribution in [0.1, 0.15) is 26.2 Å². The van der Waals surface area contributed by atoms with Crippen LogP contribution in [0, 0.1) is 17.5 Å². The Labute approximate surface area is 151 Å². The molecule has 0 bridgehead atoms. The first kappa shape index (κ1) is 21.1. The van der Waals surface area contributed by atoms with E-state index in [1.165, 1.54) is 4.31 Å². The molecule has 0 spiro atoms. The summed E-state index contributed by atoms with van der Waals surface area (Å²) in [4.78, 5) is -0.962. The van der Waals surface area contributed by atoms with Crippen molar-refractivity contribution in [2.24, 2.45) is 0 Å². The van der Waals surface area contributed by atoms with E-state index in [1.54, 1.807) is 0 Å². The normalized spacial score (nSPS) is 17.5. The molecule has 0 atom stereocenters. The standard InChI is InChI=1S/C15H21F3N2O4S2/c1-2-3-4-11-25(21,22)19-7-9-20(10-8-19)26(23,24)13-6-5-12(16)14(17)15(13)18/h5-6H,2-4,7-11H2,1H3. The lowest BCUT2D eigenvalue weighted by atomic mass is 10.3. The van der Waals surface area contributed by atoms with Gasteiger partial charge < -0.3 is 0 Å². The summed E-state index contributed by atoms with van der Waals surface area (Å²) in [5.74, 6) is -5.13. The van der Waals surface area contributed by atoms with Gasteiger partial charge in [-0.1, -0.05) is 19.8 Å². The number of hydrogen-bond acceptors (Lipinski definition) is 4. The third-order valence-electron chi connectivity index (χ3n) is 4.21. The second-order valence-electron chi connectivity index (χ2n) is 6.00. The molecule has 0 saturated carbocycles. The van der Waals surface area contributed by atoms with Crippen LogP contribution in [0.15, 0.2) is 17.0 Å². The predicted molar refractivity (Wildman–Crippen MR) is 90.0 cm³/mol. The number of halogens is 3. The Morgan fingerprint density at radius 1 is 0.885 bits per heavy atom. The maximum absolute atomic E-state index is 13.8. The molecule has 0 N–H and O–H groups in total. The first-order valence-corrected chi connectivity index (χ1v) is 11.3. The summed E-state index contributed by atoms with van der Waals surface area (Å²) in [6, 6.07) is 1.21. The summed E-state index contributed by atoms with van der Waals surface area (Å²) in [5, 5.41) is 0. The second kappa shape index (κ2) is 8.24. The van der Waals surface area contributed by atoms with E-state index in [4.69, 9.17) is 0 Å². The highest BCUT2D eigenvalue weighted by molar-refractivity contribution is 7.89. The van der Waals surface area contributed by atoms with Gasteiger partial charge in [-0.05, 0) is 18.6 Å². The van der Waals surface area contributed by atoms with Gasteiger partial charge in [0.05, 0.1) is 5.75 Å². The van der Waals surface area contributed by atoms with Gasteiger partial charge in [0.2, 0.25) is 20.0 Å². The van der Waals surface area contributed by atoms with Crippen molar-refractivity contribution in [1.29, 1.82) is 0 Å². The van der Waals surface area contributed by atoms with Crippen LogP contribution in [0.5, 0.6) is 0 Å². The summed E-state index contributed by atoms with van der Waals surface area (Å²) >= 11 is 0. The third-order valence-corrected chi connectivity index (χ3v) is 8.09. The van der Waals surface area contributed by atoms with E-state index in [0.29, 0.717) is 18.6 Å². The smallest absolute Gasteiger partial charge is 0.212 e. The molecule has 6 nitrogen and oxygen atoms in total. The van der Waals surface area contributed by atoms with Gasteiger partial charge in [0.25, 0.3) is 0 Å². The number of nitrogens with zero attached hydrogens (tertiary/aromatic N) is 2. The first-order valence-electron chi connectivity index (χ1n) is 8.22. The van der Waals surface area contributed by atoms with Crippen LogP contribution < -0.4 is 0 Å². The minimum atomic E-state index is -4.39. The fourth-order valence-electron chi connectivity index (χ4n) is 2.70. The van der Waals surface area contributed by atoms with E-state index in [0.717, 1.165) is 17.1 Å². The van der Waals surface area contributed by atoms with Gasteiger partial charge in [0.15, 0.2) is 17.5 Å². The maximum Gasteiger partial charge on any atom is 0.246 e. The molecule has 0 aliphatic carbocycles. The Hall–Kier alpha value is -1.17. The average Bonchev–Trinajstić information content (AvgIpc) is 2.60. The van der Waals surface area contributed by atoms with Crippen LogP contribution in [0.25, 0.3) is 0 Å². The largest absolute Gasteiger partial charge is 0.246 e. The van der Waals surface area contributed by atoms with Crippen molar-refractivity contribution in [2.75, 3.05) is 31.9 Å². The molecule has 148 valence electrons. The summed E-state index contributed by atoms with van der Waals surface area (Å²) in [5.41, 5.74) is 0. The lowest BCUT2D eigenvalue weighted by molar-refractivity contribution is 0.271. The molecule has 1 fully saturated rings. The van der Waals surface area contributed by atoms with E-state index in [1.807, 2.05) is 6.92 Å². The molecule has 0 aromatic heterocycles. The van der Waals surface area contributed by atoms with Gasteiger partial charge in [-0.25, -0.2) is 30.0 Å². The molecule has 0 amide bonds. The molecule has 1 saturated heterocycles. The highest BCUT2D eigenvalue weighted by atomic mass is 32.2. The van der Waals surface area contributed by atoms with Crippen LogP contribution in [0.4, 0.5) is 13.2 Å². The van der Waals surface area contributed by atoms with Gasteiger partial charge in [0.1, 0.15) is 4.90 Å². The SMILES string of the molecule is CCCCCS(=O)(=O)N1CCN(S(=O)(=O)c2ccc(F)c(F)c2F)CC1. The second-order valence-corrected chi connectivity index (χ2v) is 9.99. The molecule has 26 heavy (non-hydrogen) atoms. The Morgan fingerprint density at radius 3 is 2.04 bits per heavy atom. The van der Waals surface area contributed by atoms with Crippen molar-refractivity contribution >= 4 is 20.0 Å². The molecule has 1 aliphatic rings. The molecule has 1 aromatic rings. The van der Waals surface area contributed by atoms with Crippen LogP contribution in [0.2, 0.25) is 0 Å². The Morgan fingerprint density at radius 2 is 1.46 bits per heavy atom. The van der Waals surface area contributed by atoms with E-state index < -0.39 is 42.4 Å². The molecule has 0 unspecified atom stereocenters. The minimum absolute atomic E-state index is 0.00854. The van der Waals surface area contributed by atoms with Crippen molar-refractivity contribution < 1.29 is 30.0 Å². The molecule has 1 aliphatic heterocycles. The van der Waals surface area contributed by atoms with Crippen LogP contribution >= 0.6 is 0 Å². The lowest BCUT2D eigenvalue weighted by Gasteiger charge is -2.33. The van der Waals surface area contributed by atoms with Gasteiger partial charge in [0, 0.05) is 26.2 Å². The minimum Gasteiger partial charge on any atom is -0.212 e. The Kier molecular flexibility index (Phi) is 6.70. The van der Waals surface area contributed by atoms with Gasteiger partial charge in [-0.3, -0.25) is 0 Å². The molecule has 11 heteroatoms. The van der Waals surface area contributed by atoms with E-state index >= 15 is 0 Å². The molecule has 0 radical (unpaired) electrons. The van der Waals surface area contributed by atoms with E-state index in [2.05, 4.69) is 0 Å². The average molecular weight is 414 g/mol. The molecular weight excluding hydrogens is 393 g/mol. The van der Waals surface area contributed by atoms with Crippen LogP contribution in [-0.4, -0.2) is 57.4 Å². The zero-order chi connectivity index (χ0) is 19.5. The van der Waals surface area contributed by atoms with Gasteiger partial charge in [-0.2, -0.15) is 8.61 Å².